The number of nitrogens with one attached hydrogen (secondary N) is 2. The zero-order chi connectivity index (χ0) is 33.1. The van der Waals surface area contributed by atoms with Gasteiger partial charge >= 0.3 is 18.3 Å². The second-order valence-electron chi connectivity index (χ2n) is 9.98. The van der Waals surface area contributed by atoms with Crippen LogP contribution in [0.2, 0.25) is 0 Å². The van der Waals surface area contributed by atoms with Gasteiger partial charge in [-0.05, 0) is 55.6 Å². The number of rotatable bonds is 10. The number of hydrogen-bond donors (Lipinski definition) is 2. The van der Waals surface area contributed by atoms with Crippen molar-refractivity contribution in [2.75, 3.05) is 26.5 Å². The average molecular weight is 660 g/mol. The number of benzene rings is 2. The number of hydrogen-bond acceptors (Lipinski definition) is 9. The quantitative estimate of drug-likeness (QED) is 0.167. The van der Waals surface area contributed by atoms with Gasteiger partial charge in [0.05, 0.1) is 19.0 Å². The molecule has 5 rings (SSSR count). The number of carbonyl (C=O) groups is 1. The van der Waals surface area contributed by atoms with Crippen molar-refractivity contribution in [3.8, 4) is 22.1 Å². The molecule has 240 valence electrons. The number of ether oxygens (including phenoxy) is 1. The van der Waals surface area contributed by atoms with Gasteiger partial charge in [0.1, 0.15) is 16.5 Å². The summed E-state index contributed by atoms with van der Waals surface area (Å²) in [6.45, 7) is -3.57. The van der Waals surface area contributed by atoms with E-state index in [4.69, 9.17) is 0 Å². The lowest BCUT2D eigenvalue weighted by Gasteiger charge is -2.14. The van der Waals surface area contributed by atoms with Crippen LogP contribution in [0.3, 0.4) is 0 Å². The van der Waals surface area contributed by atoms with Crippen LogP contribution < -0.4 is 26.8 Å². The Morgan fingerprint density at radius 2 is 1.70 bits per heavy atom. The van der Waals surface area contributed by atoms with E-state index in [1.165, 1.54) is 13.2 Å². The summed E-state index contributed by atoms with van der Waals surface area (Å²) < 4.78 is 61.0. The van der Waals surface area contributed by atoms with Crippen molar-refractivity contribution in [3.05, 3.63) is 98.2 Å². The number of urea groups is 1. The molecular weight excluding hydrogens is 634 g/mol. The standard InChI is InChI=1S/C29H25F4N7O5S/c1-38(2)13-18-23-25(41)40(21-11-12-22(36-35-21)45-27(32)33)29(43)39(14-17-19(30)5-4-6-20(17)31)26(23)46-24(18)15-7-9-16(10-8-15)34-28(42)37-44-3/h4-12,27H,13-14H2,1-3H3,(H2,34,37,42). The number of hydroxylamine groups is 1. The van der Waals surface area contributed by atoms with Crippen LogP contribution in [0.1, 0.15) is 11.1 Å². The molecule has 0 aliphatic rings. The third kappa shape index (κ3) is 6.60. The predicted molar refractivity (Wildman–Crippen MR) is 161 cm³/mol. The second-order valence-corrected chi connectivity index (χ2v) is 11.0. The number of anilines is 1. The maximum Gasteiger partial charge on any atom is 0.388 e. The minimum Gasteiger partial charge on any atom is -0.415 e. The number of alkyl halides is 2. The predicted octanol–water partition coefficient (Wildman–Crippen LogP) is 4.34. The molecule has 2 N–H and O–H groups in total. The fraction of sp³-hybridized carbons (Fsp3) is 0.207. The van der Waals surface area contributed by atoms with Gasteiger partial charge < -0.3 is 15.0 Å². The van der Waals surface area contributed by atoms with Gasteiger partial charge in [0.15, 0.2) is 5.82 Å². The molecule has 5 aromatic rings. The Balaban J connectivity index is 1.77. The summed E-state index contributed by atoms with van der Waals surface area (Å²) in [5, 5.41) is 9.94. The molecule has 0 saturated heterocycles. The second kappa shape index (κ2) is 13.5. The maximum atomic E-state index is 14.9. The Kier molecular flexibility index (Phi) is 9.45. The van der Waals surface area contributed by atoms with Gasteiger partial charge in [-0.25, -0.2) is 28.4 Å². The van der Waals surface area contributed by atoms with Gasteiger partial charge in [-0.3, -0.25) is 14.2 Å². The number of amides is 2. The SMILES string of the molecule is CONC(=O)Nc1ccc(-c2sc3c(c2CN(C)C)c(=O)n(-c2ccc(OC(F)F)nn2)c(=O)n3Cc2c(F)cccc2F)cc1. The lowest BCUT2D eigenvalue weighted by atomic mass is 10.1. The summed E-state index contributed by atoms with van der Waals surface area (Å²) >= 11 is 1.06. The minimum absolute atomic E-state index is 0.0708. The van der Waals surface area contributed by atoms with E-state index in [-0.39, 0.29) is 22.6 Å². The van der Waals surface area contributed by atoms with Crippen molar-refractivity contribution in [1.29, 1.82) is 0 Å². The summed E-state index contributed by atoms with van der Waals surface area (Å²) in [7, 11) is 4.82. The van der Waals surface area contributed by atoms with Crippen LogP contribution >= 0.6 is 11.3 Å². The molecule has 0 saturated carbocycles. The van der Waals surface area contributed by atoms with E-state index in [1.54, 1.807) is 43.3 Å². The van der Waals surface area contributed by atoms with E-state index in [2.05, 4.69) is 30.6 Å². The van der Waals surface area contributed by atoms with Gasteiger partial charge in [0.25, 0.3) is 5.56 Å². The molecule has 0 bridgehead atoms. The molecule has 0 fully saturated rings. The molecule has 2 amide bonds. The third-order valence-corrected chi connectivity index (χ3v) is 7.89. The lowest BCUT2D eigenvalue weighted by Crippen LogP contribution is -2.39. The smallest absolute Gasteiger partial charge is 0.388 e. The molecule has 3 heterocycles. The van der Waals surface area contributed by atoms with E-state index in [1.807, 2.05) is 0 Å². The summed E-state index contributed by atoms with van der Waals surface area (Å²) in [5.74, 6) is -2.69. The van der Waals surface area contributed by atoms with Crippen LogP contribution in [0.4, 0.5) is 28.0 Å². The summed E-state index contributed by atoms with van der Waals surface area (Å²) in [5.41, 5.74) is 1.46. The van der Waals surface area contributed by atoms with Crippen molar-refractivity contribution in [2.45, 2.75) is 19.7 Å². The molecule has 0 aliphatic heterocycles. The van der Waals surface area contributed by atoms with Crippen LogP contribution in [0.5, 0.6) is 5.88 Å². The van der Waals surface area contributed by atoms with E-state index in [0.717, 1.165) is 40.2 Å². The van der Waals surface area contributed by atoms with Crippen LogP contribution in [-0.4, -0.2) is 58.1 Å². The van der Waals surface area contributed by atoms with Crippen molar-refractivity contribution in [2.24, 2.45) is 0 Å². The molecule has 0 aliphatic carbocycles. The Morgan fingerprint density at radius 1 is 1.00 bits per heavy atom. The Hall–Kier alpha value is -5.13. The highest BCUT2D eigenvalue weighted by atomic mass is 32.1. The fourth-order valence-corrected chi connectivity index (χ4v) is 6.00. The molecule has 2 aromatic carbocycles. The Labute approximate surface area is 261 Å². The Morgan fingerprint density at radius 3 is 2.28 bits per heavy atom. The zero-order valence-electron chi connectivity index (χ0n) is 24.4. The van der Waals surface area contributed by atoms with E-state index in [0.29, 0.717) is 26.3 Å². The van der Waals surface area contributed by atoms with E-state index in [9.17, 15) is 31.9 Å². The first-order valence-corrected chi connectivity index (χ1v) is 14.2. The van der Waals surface area contributed by atoms with Crippen molar-refractivity contribution in [1.82, 2.24) is 29.7 Å². The molecule has 17 heteroatoms. The summed E-state index contributed by atoms with van der Waals surface area (Å²) in [6, 6.07) is 11.4. The topological polar surface area (TPSA) is 133 Å². The first-order chi connectivity index (χ1) is 22.0. The van der Waals surface area contributed by atoms with Crippen molar-refractivity contribution >= 4 is 33.3 Å². The number of thiophene rings is 1. The number of carbonyl (C=O) groups excluding carboxylic acids is 1. The van der Waals surface area contributed by atoms with Gasteiger partial charge in [-0.1, -0.05) is 18.2 Å². The van der Waals surface area contributed by atoms with Gasteiger partial charge in [0, 0.05) is 28.7 Å². The van der Waals surface area contributed by atoms with Gasteiger partial charge in [0.2, 0.25) is 5.88 Å². The highest BCUT2D eigenvalue weighted by Gasteiger charge is 2.26. The molecule has 0 unspecified atom stereocenters. The number of fused-ring (bicyclic) bond motifs is 1. The fourth-order valence-electron chi connectivity index (χ4n) is 4.69. The average Bonchev–Trinajstić information content (AvgIpc) is 3.36. The van der Waals surface area contributed by atoms with Crippen molar-refractivity contribution in [3.63, 3.8) is 0 Å². The van der Waals surface area contributed by atoms with Gasteiger partial charge in [-0.15, -0.1) is 21.5 Å². The van der Waals surface area contributed by atoms with E-state index < -0.39 is 53.5 Å². The first-order valence-electron chi connectivity index (χ1n) is 13.4. The maximum absolute atomic E-state index is 14.9. The molecule has 0 spiro atoms. The normalized spacial score (nSPS) is 11.4. The molecule has 3 aromatic heterocycles. The monoisotopic (exact) mass is 659 g/mol. The third-order valence-electron chi connectivity index (χ3n) is 6.59. The number of halogens is 4. The van der Waals surface area contributed by atoms with Crippen LogP contribution in [0.25, 0.3) is 26.5 Å². The van der Waals surface area contributed by atoms with Crippen LogP contribution in [0.15, 0.2) is 64.2 Å². The first kappa shape index (κ1) is 32.3. The zero-order valence-corrected chi connectivity index (χ0v) is 25.2. The largest absolute Gasteiger partial charge is 0.415 e. The van der Waals surface area contributed by atoms with Crippen LogP contribution in [-0.2, 0) is 17.9 Å². The molecule has 0 atom stereocenters. The van der Waals surface area contributed by atoms with E-state index >= 15 is 0 Å². The Bertz CT molecular complexity index is 1990. The number of aromatic nitrogens is 4. The molecular formula is C29H25F4N7O5S. The summed E-state index contributed by atoms with van der Waals surface area (Å²) in [6.07, 6.45) is 0. The molecule has 46 heavy (non-hydrogen) atoms. The summed E-state index contributed by atoms with van der Waals surface area (Å²) in [4.78, 5) is 47.1. The van der Waals surface area contributed by atoms with Crippen molar-refractivity contribution < 1.29 is 31.9 Å². The highest BCUT2D eigenvalue weighted by molar-refractivity contribution is 7.22. The van der Waals surface area contributed by atoms with Crippen LogP contribution in [0, 0.1) is 11.6 Å². The lowest BCUT2D eigenvalue weighted by molar-refractivity contribution is -0.0534. The molecule has 12 nitrogen and oxygen atoms in total. The minimum atomic E-state index is -3.18. The van der Waals surface area contributed by atoms with Gasteiger partial charge in [-0.2, -0.15) is 8.78 Å². The molecule has 0 radical (unpaired) electrons. The number of nitrogens with zero attached hydrogens (tertiary/aromatic N) is 5. The highest BCUT2D eigenvalue weighted by Crippen LogP contribution is 2.38.